The molecular weight excluding hydrogens is 531 g/mol. The number of rotatable bonds is 7. The quantitative estimate of drug-likeness (QED) is 0.133. The van der Waals surface area contributed by atoms with Crippen molar-refractivity contribution in [3.8, 4) is 34.4 Å². The summed E-state index contributed by atoms with van der Waals surface area (Å²) in [6, 6.07) is 19.9. The predicted octanol–water partition coefficient (Wildman–Crippen LogP) is 7.06. The van der Waals surface area contributed by atoms with Gasteiger partial charge in [0, 0.05) is 22.6 Å². The third kappa shape index (κ3) is 5.18. The Morgan fingerprint density at radius 2 is 1.68 bits per heavy atom. The van der Waals surface area contributed by atoms with E-state index in [-0.39, 0.29) is 33.7 Å². The second-order valence-corrected chi connectivity index (χ2v) is 9.67. The summed E-state index contributed by atoms with van der Waals surface area (Å²) in [5, 5.41) is 31.1. The average molecular weight is 548 g/mol. The standard InChI is InChI=1S/C27H16F3N5OS2/c28-18-8-6-16(7-9-18)22-14-37-26(32-22)20(13-31)24(36)15-38-27-34-33-25(17-4-2-1-3-5-17)35(27)23-11-10-19(29)12-21(23)30/h1-12,14,36H,15H2/b24-20-. The van der Waals surface area contributed by atoms with E-state index >= 15 is 0 Å². The third-order valence-corrected chi connectivity index (χ3v) is 7.21. The molecule has 0 amide bonds. The van der Waals surface area contributed by atoms with Crippen LogP contribution in [-0.2, 0) is 0 Å². The van der Waals surface area contributed by atoms with Crippen LogP contribution in [0.4, 0.5) is 13.2 Å². The van der Waals surface area contributed by atoms with Crippen LogP contribution in [0.3, 0.4) is 0 Å². The zero-order chi connectivity index (χ0) is 26.6. The lowest BCUT2D eigenvalue weighted by atomic mass is 10.2. The molecule has 0 saturated carbocycles. The van der Waals surface area contributed by atoms with Gasteiger partial charge in [-0.3, -0.25) is 4.57 Å². The van der Waals surface area contributed by atoms with Crippen molar-refractivity contribution in [3.05, 3.63) is 106 Å². The van der Waals surface area contributed by atoms with Gasteiger partial charge in [-0.05, 0) is 36.4 Å². The number of allylic oxidation sites excluding steroid dienone is 1. The number of hydrogen-bond donors (Lipinski definition) is 1. The number of nitriles is 1. The molecule has 0 aliphatic heterocycles. The van der Waals surface area contributed by atoms with Crippen LogP contribution in [-0.4, -0.2) is 30.6 Å². The molecule has 5 aromatic rings. The minimum atomic E-state index is -0.808. The van der Waals surface area contributed by atoms with Crippen LogP contribution in [0.2, 0.25) is 0 Å². The van der Waals surface area contributed by atoms with Crippen LogP contribution >= 0.6 is 23.1 Å². The van der Waals surface area contributed by atoms with Crippen LogP contribution in [0.1, 0.15) is 5.01 Å². The number of thiazole rings is 1. The molecule has 2 aromatic heterocycles. The van der Waals surface area contributed by atoms with Gasteiger partial charge in [-0.25, -0.2) is 18.2 Å². The van der Waals surface area contributed by atoms with E-state index in [1.807, 2.05) is 12.1 Å². The van der Waals surface area contributed by atoms with Gasteiger partial charge >= 0.3 is 0 Å². The Balaban J connectivity index is 1.47. The van der Waals surface area contributed by atoms with Crippen molar-refractivity contribution in [2.75, 3.05) is 5.75 Å². The van der Waals surface area contributed by atoms with Crippen LogP contribution < -0.4 is 0 Å². The molecule has 6 nitrogen and oxygen atoms in total. The molecule has 0 saturated heterocycles. The lowest BCUT2D eigenvalue weighted by Crippen LogP contribution is -2.04. The summed E-state index contributed by atoms with van der Waals surface area (Å²) >= 11 is 2.19. The van der Waals surface area contributed by atoms with Gasteiger partial charge < -0.3 is 5.11 Å². The molecule has 5 rings (SSSR count). The largest absolute Gasteiger partial charge is 0.510 e. The number of halogens is 3. The second kappa shape index (κ2) is 10.9. The number of benzene rings is 3. The van der Waals surface area contributed by atoms with E-state index in [1.165, 1.54) is 22.8 Å². The van der Waals surface area contributed by atoms with Gasteiger partial charge in [-0.1, -0.05) is 42.1 Å². The molecule has 0 fully saturated rings. The number of nitrogens with zero attached hydrogens (tertiary/aromatic N) is 5. The van der Waals surface area contributed by atoms with Gasteiger partial charge in [-0.2, -0.15) is 5.26 Å². The van der Waals surface area contributed by atoms with Crippen molar-refractivity contribution in [1.82, 2.24) is 19.7 Å². The SMILES string of the molecule is N#C/C(=C(/O)CSc1nnc(-c2ccccc2)n1-c1ccc(F)cc1F)c1nc(-c2ccc(F)cc2)cs1. The Morgan fingerprint density at radius 1 is 0.947 bits per heavy atom. The summed E-state index contributed by atoms with van der Waals surface area (Å²) in [5.74, 6) is -1.93. The maximum absolute atomic E-state index is 14.8. The number of aliphatic hydroxyl groups excluding tert-OH is 1. The summed E-state index contributed by atoms with van der Waals surface area (Å²) in [5.41, 5.74) is 1.87. The molecule has 2 heterocycles. The molecule has 0 radical (unpaired) electrons. The van der Waals surface area contributed by atoms with Crippen molar-refractivity contribution in [3.63, 3.8) is 0 Å². The van der Waals surface area contributed by atoms with Crippen molar-refractivity contribution in [2.24, 2.45) is 0 Å². The van der Waals surface area contributed by atoms with Crippen LogP contribution in [0.25, 0.3) is 33.9 Å². The summed E-state index contributed by atoms with van der Waals surface area (Å²) in [6.07, 6.45) is 0. The minimum Gasteiger partial charge on any atom is -0.510 e. The topological polar surface area (TPSA) is 87.6 Å². The smallest absolute Gasteiger partial charge is 0.196 e. The first kappa shape index (κ1) is 25.3. The fourth-order valence-corrected chi connectivity index (χ4v) is 5.27. The number of thioether (sulfide) groups is 1. The summed E-state index contributed by atoms with van der Waals surface area (Å²) in [6.45, 7) is 0. The van der Waals surface area contributed by atoms with E-state index in [2.05, 4.69) is 15.2 Å². The molecule has 0 bridgehead atoms. The summed E-state index contributed by atoms with van der Waals surface area (Å²) < 4.78 is 43.1. The zero-order valence-electron chi connectivity index (χ0n) is 19.3. The highest BCUT2D eigenvalue weighted by molar-refractivity contribution is 7.99. The van der Waals surface area contributed by atoms with E-state index in [4.69, 9.17) is 0 Å². The van der Waals surface area contributed by atoms with Crippen molar-refractivity contribution in [2.45, 2.75) is 5.16 Å². The van der Waals surface area contributed by atoms with Crippen LogP contribution in [0.5, 0.6) is 0 Å². The number of aromatic nitrogens is 4. The Labute approximate surface area is 223 Å². The molecule has 0 spiro atoms. The average Bonchev–Trinajstić information content (AvgIpc) is 3.57. The Morgan fingerprint density at radius 3 is 2.39 bits per heavy atom. The molecule has 0 aliphatic rings. The van der Waals surface area contributed by atoms with Gasteiger partial charge in [-0.15, -0.1) is 21.5 Å². The molecule has 0 atom stereocenters. The Bertz CT molecular complexity index is 1680. The van der Waals surface area contributed by atoms with Gasteiger partial charge in [0.25, 0.3) is 0 Å². The van der Waals surface area contributed by atoms with Gasteiger partial charge in [0.2, 0.25) is 0 Å². The van der Waals surface area contributed by atoms with Gasteiger partial charge in [0.1, 0.15) is 39.9 Å². The van der Waals surface area contributed by atoms with E-state index in [0.29, 0.717) is 27.7 Å². The summed E-state index contributed by atoms with van der Waals surface area (Å²) in [4.78, 5) is 4.41. The first-order valence-electron chi connectivity index (χ1n) is 11.1. The third-order valence-electron chi connectivity index (χ3n) is 5.41. The fraction of sp³-hybridized carbons (Fsp3) is 0.0370. The summed E-state index contributed by atoms with van der Waals surface area (Å²) in [7, 11) is 0. The van der Waals surface area contributed by atoms with E-state index in [0.717, 1.165) is 35.2 Å². The number of hydrogen-bond acceptors (Lipinski definition) is 7. The first-order valence-corrected chi connectivity index (χ1v) is 12.9. The van der Waals surface area contributed by atoms with Crippen molar-refractivity contribution in [1.29, 1.82) is 5.26 Å². The zero-order valence-corrected chi connectivity index (χ0v) is 21.0. The molecule has 0 aliphatic carbocycles. The minimum absolute atomic E-state index is 0.0295. The Kier molecular flexibility index (Phi) is 7.26. The molecule has 38 heavy (non-hydrogen) atoms. The molecular formula is C27H16F3N5OS2. The molecule has 0 unspecified atom stereocenters. The van der Waals surface area contributed by atoms with E-state index in [1.54, 1.807) is 41.8 Å². The number of aliphatic hydroxyl groups is 1. The molecule has 1 N–H and O–H groups in total. The highest BCUT2D eigenvalue weighted by Crippen LogP contribution is 2.32. The molecule has 3 aromatic carbocycles. The highest BCUT2D eigenvalue weighted by atomic mass is 32.2. The monoisotopic (exact) mass is 547 g/mol. The first-order chi connectivity index (χ1) is 18.4. The van der Waals surface area contributed by atoms with Crippen molar-refractivity contribution < 1.29 is 18.3 Å². The lowest BCUT2D eigenvalue weighted by Gasteiger charge is -2.11. The maximum atomic E-state index is 14.8. The Hall–Kier alpha value is -4.40. The van der Waals surface area contributed by atoms with E-state index < -0.39 is 11.6 Å². The maximum Gasteiger partial charge on any atom is 0.196 e. The molecule has 11 heteroatoms. The van der Waals surface area contributed by atoms with Crippen LogP contribution in [0, 0.1) is 28.8 Å². The fourth-order valence-electron chi connectivity index (χ4n) is 3.60. The van der Waals surface area contributed by atoms with Crippen molar-refractivity contribution >= 4 is 28.7 Å². The molecule has 188 valence electrons. The highest BCUT2D eigenvalue weighted by Gasteiger charge is 2.21. The predicted molar refractivity (Wildman–Crippen MR) is 140 cm³/mol. The second-order valence-electron chi connectivity index (χ2n) is 7.87. The van der Waals surface area contributed by atoms with Gasteiger partial charge in [0.05, 0.1) is 17.1 Å². The van der Waals surface area contributed by atoms with Gasteiger partial charge in [0.15, 0.2) is 11.0 Å². The van der Waals surface area contributed by atoms with Crippen LogP contribution in [0.15, 0.2) is 89.1 Å². The van der Waals surface area contributed by atoms with E-state index in [9.17, 15) is 23.5 Å². The normalized spacial score (nSPS) is 11.7. The lowest BCUT2D eigenvalue weighted by molar-refractivity contribution is 0.420.